The number of carboxylic acids is 1. The molecule has 1 aromatic carbocycles. The number of rotatable bonds is 10. The Morgan fingerprint density at radius 3 is 2.54 bits per heavy atom. The van der Waals surface area contributed by atoms with Crippen LogP contribution in [0.4, 0.5) is 0 Å². The van der Waals surface area contributed by atoms with Gasteiger partial charge in [0.2, 0.25) is 5.91 Å². The molecule has 0 radical (unpaired) electrons. The number of hydrogen-bond donors (Lipinski definition) is 2. The first-order valence-corrected chi connectivity index (χ1v) is 9.27. The molecule has 1 aliphatic rings. The van der Waals surface area contributed by atoms with Crippen LogP contribution in [0.25, 0.3) is 0 Å². The van der Waals surface area contributed by atoms with Gasteiger partial charge in [0.05, 0.1) is 25.7 Å². The van der Waals surface area contributed by atoms with E-state index in [-0.39, 0.29) is 31.1 Å². The van der Waals surface area contributed by atoms with Crippen molar-refractivity contribution in [2.45, 2.75) is 44.6 Å². The number of Topliss-reactive ketones (excluding diaryl/α,β-unsaturated/α-hetero) is 1. The van der Waals surface area contributed by atoms with E-state index < -0.39 is 11.5 Å². The second-order valence-corrected chi connectivity index (χ2v) is 6.89. The minimum atomic E-state index is -0.938. The summed E-state index contributed by atoms with van der Waals surface area (Å²) in [7, 11) is 1.50. The molecule has 0 aromatic heterocycles. The maximum Gasteiger partial charge on any atom is 0.305 e. The first-order chi connectivity index (χ1) is 13.3. The lowest BCUT2D eigenvalue weighted by Gasteiger charge is -2.36. The largest absolute Gasteiger partial charge is 0.493 e. The van der Waals surface area contributed by atoms with Crippen molar-refractivity contribution >= 4 is 17.7 Å². The standard InChI is InChI=1S/C20H27NO7/c1-14(22)15-5-6-16(17(12-15)26-2)28-9-3-4-18(23)21-20(13-19(24)25)7-10-27-11-8-20/h5-6,12H,3-4,7-11,13H2,1-2H3,(H,21,23)(H,24,25). The number of ketones is 1. The highest BCUT2D eigenvalue weighted by Crippen LogP contribution is 2.28. The summed E-state index contributed by atoms with van der Waals surface area (Å²) in [6, 6.07) is 4.94. The van der Waals surface area contributed by atoms with E-state index in [1.165, 1.54) is 14.0 Å². The van der Waals surface area contributed by atoms with E-state index in [1.54, 1.807) is 18.2 Å². The molecule has 28 heavy (non-hydrogen) atoms. The molecule has 1 aliphatic heterocycles. The summed E-state index contributed by atoms with van der Waals surface area (Å²) in [5, 5.41) is 12.0. The third-order valence-electron chi connectivity index (χ3n) is 4.72. The molecule has 1 aromatic rings. The van der Waals surface area contributed by atoms with E-state index in [0.29, 0.717) is 49.5 Å². The SMILES string of the molecule is COc1cc(C(C)=O)ccc1OCCCC(=O)NC1(CC(=O)O)CCOCC1. The first kappa shape index (κ1) is 21.7. The molecule has 0 unspecified atom stereocenters. The van der Waals surface area contributed by atoms with Crippen molar-refractivity contribution in [3.63, 3.8) is 0 Å². The molecule has 1 saturated heterocycles. The summed E-state index contributed by atoms with van der Waals surface area (Å²) in [6.45, 7) is 2.64. The quantitative estimate of drug-likeness (QED) is 0.463. The van der Waals surface area contributed by atoms with Crippen LogP contribution in [-0.4, -0.2) is 55.2 Å². The highest BCUT2D eigenvalue weighted by molar-refractivity contribution is 5.94. The summed E-state index contributed by atoms with van der Waals surface area (Å²) in [5.41, 5.74) is -0.211. The molecule has 1 amide bonds. The van der Waals surface area contributed by atoms with Gasteiger partial charge >= 0.3 is 5.97 Å². The molecule has 0 atom stereocenters. The minimum absolute atomic E-state index is 0.0649. The van der Waals surface area contributed by atoms with E-state index in [9.17, 15) is 14.4 Å². The van der Waals surface area contributed by atoms with Gasteiger partial charge in [0, 0.05) is 25.2 Å². The molecule has 8 heteroatoms. The molecular weight excluding hydrogens is 366 g/mol. The van der Waals surface area contributed by atoms with Gasteiger partial charge in [0.1, 0.15) is 0 Å². The van der Waals surface area contributed by atoms with Crippen LogP contribution in [0.3, 0.4) is 0 Å². The smallest absolute Gasteiger partial charge is 0.305 e. The predicted octanol–water partition coefficient (Wildman–Crippen LogP) is 2.20. The van der Waals surface area contributed by atoms with Gasteiger partial charge in [-0.05, 0) is 44.4 Å². The number of nitrogens with one attached hydrogen (secondary N) is 1. The molecule has 0 saturated carbocycles. The van der Waals surface area contributed by atoms with E-state index in [0.717, 1.165) is 0 Å². The second kappa shape index (κ2) is 10.1. The Hall–Kier alpha value is -2.61. The fraction of sp³-hybridized carbons (Fsp3) is 0.550. The third kappa shape index (κ3) is 6.23. The average molecular weight is 393 g/mol. The number of ether oxygens (including phenoxy) is 3. The summed E-state index contributed by atoms with van der Waals surface area (Å²) < 4.78 is 16.2. The number of carbonyl (C=O) groups excluding carboxylic acids is 2. The molecule has 1 fully saturated rings. The van der Waals surface area contributed by atoms with Crippen LogP contribution in [0.15, 0.2) is 18.2 Å². The van der Waals surface area contributed by atoms with Crippen molar-refractivity contribution in [3.8, 4) is 11.5 Å². The van der Waals surface area contributed by atoms with Crippen molar-refractivity contribution in [3.05, 3.63) is 23.8 Å². The lowest BCUT2D eigenvalue weighted by molar-refractivity contribution is -0.140. The number of carbonyl (C=O) groups is 3. The number of methoxy groups -OCH3 is 1. The van der Waals surface area contributed by atoms with Gasteiger partial charge in [0.25, 0.3) is 0 Å². The molecule has 0 bridgehead atoms. The predicted molar refractivity (Wildman–Crippen MR) is 101 cm³/mol. The Balaban J connectivity index is 1.83. The maximum absolute atomic E-state index is 12.3. The highest BCUT2D eigenvalue weighted by atomic mass is 16.5. The molecule has 2 rings (SSSR count). The number of aliphatic carboxylic acids is 1. The van der Waals surface area contributed by atoms with Crippen molar-refractivity contribution in [1.82, 2.24) is 5.32 Å². The second-order valence-electron chi connectivity index (χ2n) is 6.89. The van der Waals surface area contributed by atoms with Crippen LogP contribution in [-0.2, 0) is 14.3 Å². The van der Waals surface area contributed by atoms with E-state index in [1.807, 2.05) is 0 Å². The monoisotopic (exact) mass is 393 g/mol. The van der Waals surface area contributed by atoms with Crippen LogP contribution in [0, 0.1) is 0 Å². The highest BCUT2D eigenvalue weighted by Gasteiger charge is 2.36. The van der Waals surface area contributed by atoms with Crippen molar-refractivity contribution < 1.29 is 33.7 Å². The number of amides is 1. The average Bonchev–Trinajstić information content (AvgIpc) is 2.65. The minimum Gasteiger partial charge on any atom is -0.493 e. The lowest BCUT2D eigenvalue weighted by atomic mass is 9.86. The van der Waals surface area contributed by atoms with Gasteiger partial charge in [-0.25, -0.2) is 0 Å². The van der Waals surface area contributed by atoms with Crippen molar-refractivity contribution in [2.24, 2.45) is 0 Å². The molecule has 0 aliphatic carbocycles. The van der Waals surface area contributed by atoms with Crippen LogP contribution >= 0.6 is 0 Å². The zero-order valence-electron chi connectivity index (χ0n) is 16.3. The summed E-state index contributed by atoms with van der Waals surface area (Å²) in [5.74, 6) is -0.248. The lowest BCUT2D eigenvalue weighted by Crippen LogP contribution is -2.53. The van der Waals surface area contributed by atoms with Gasteiger partial charge in [-0.15, -0.1) is 0 Å². The molecular formula is C20H27NO7. The molecule has 1 heterocycles. The fourth-order valence-corrected chi connectivity index (χ4v) is 3.18. The van der Waals surface area contributed by atoms with Crippen LogP contribution < -0.4 is 14.8 Å². The van der Waals surface area contributed by atoms with Crippen molar-refractivity contribution in [2.75, 3.05) is 26.9 Å². The van der Waals surface area contributed by atoms with Gasteiger partial charge in [-0.2, -0.15) is 0 Å². The van der Waals surface area contributed by atoms with Crippen LogP contribution in [0.5, 0.6) is 11.5 Å². The first-order valence-electron chi connectivity index (χ1n) is 9.27. The van der Waals surface area contributed by atoms with E-state index in [4.69, 9.17) is 19.3 Å². The fourth-order valence-electron chi connectivity index (χ4n) is 3.18. The zero-order chi connectivity index (χ0) is 20.6. The normalized spacial score (nSPS) is 15.5. The summed E-state index contributed by atoms with van der Waals surface area (Å²) in [4.78, 5) is 34.9. The zero-order valence-corrected chi connectivity index (χ0v) is 16.3. The van der Waals surface area contributed by atoms with Crippen LogP contribution in [0.1, 0.15) is 49.4 Å². The molecule has 0 spiro atoms. The summed E-state index contributed by atoms with van der Waals surface area (Å²) in [6.07, 6.45) is 1.54. The van der Waals surface area contributed by atoms with Crippen molar-refractivity contribution in [1.29, 1.82) is 0 Å². The maximum atomic E-state index is 12.3. The Morgan fingerprint density at radius 2 is 1.93 bits per heavy atom. The number of carboxylic acid groups (broad SMARTS) is 1. The van der Waals surface area contributed by atoms with Gasteiger partial charge in [0.15, 0.2) is 17.3 Å². The van der Waals surface area contributed by atoms with E-state index in [2.05, 4.69) is 5.32 Å². The van der Waals surface area contributed by atoms with E-state index >= 15 is 0 Å². The third-order valence-corrected chi connectivity index (χ3v) is 4.72. The Bertz CT molecular complexity index is 711. The summed E-state index contributed by atoms with van der Waals surface area (Å²) >= 11 is 0. The number of hydrogen-bond acceptors (Lipinski definition) is 6. The Labute approximate surface area is 164 Å². The van der Waals surface area contributed by atoms with Gasteiger partial charge in [-0.3, -0.25) is 14.4 Å². The molecule has 2 N–H and O–H groups in total. The number of benzene rings is 1. The Kier molecular flexibility index (Phi) is 7.80. The molecule has 8 nitrogen and oxygen atoms in total. The Morgan fingerprint density at radius 1 is 1.21 bits per heavy atom. The van der Waals surface area contributed by atoms with Gasteiger partial charge in [-0.1, -0.05) is 0 Å². The van der Waals surface area contributed by atoms with Gasteiger partial charge < -0.3 is 24.6 Å². The topological polar surface area (TPSA) is 111 Å². The van der Waals surface area contributed by atoms with Crippen LogP contribution in [0.2, 0.25) is 0 Å². The molecule has 154 valence electrons.